The van der Waals surface area contributed by atoms with Crippen LogP contribution in [0.4, 0.5) is 10.5 Å². The zero-order valence-electron chi connectivity index (χ0n) is 12.6. The van der Waals surface area contributed by atoms with Crippen LogP contribution in [0.15, 0.2) is 30.3 Å². The molecule has 0 aliphatic heterocycles. The Hall–Kier alpha value is -1.51. The molecule has 108 valence electrons. The highest BCUT2D eigenvalue weighted by Gasteiger charge is 2.61. The maximum Gasteiger partial charge on any atom is 0.319 e. The summed E-state index contributed by atoms with van der Waals surface area (Å²) in [7, 11) is 0. The van der Waals surface area contributed by atoms with Crippen molar-refractivity contribution in [2.24, 2.45) is 16.7 Å². The highest BCUT2D eigenvalue weighted by Crippen LogP contribution is 2.65. The van der Waals surface area contributed by atoms with Crippen LogP contribution in [0.1, 0.15) is 40.0 Å². The lowest BCUT2D eigenvalue weighted by molar-refractivity contribution is 0.125. The molecule has 3 nitrogen and oxygen atoms in total. The number of carbonyl (C=O) groups excluding carboxylic acids is 1. The molecule has 0 spiro atoms. The predicted molar refractivity (Wildman–Crippen MR) is 81.6 cm³/mol. The lowest BCUT2D eigenvalue weighted by atomic mass is 9.69. The van der Waals surface area contributed by atoms with Crippen LogP contribution in [0.5, 0.6) is 0 Å². The van der Waals surface area contributed by atoms with Gasteiger partial charge in [0.15, 0.2) is 0 Å². The first-order valence-corrected chi connectivity index (χ1v) is 7.56. The van der Waals surface area contributed by atoms with Gasteiger partial charge in [-0.2, -0.15) is 0 Å². The molecule has 0 aromatic heterocycles. The van der Waals surface area contributed by atoms with Gasteiger partial charge in [0, 0.05) is 11.7 Å². The lowest BCUT2D eigenvalue weighted by Gasteiger charge is -2.39. The third-order valence-corrected chi connectivity index (χ3v) is 6.13. The second kappa shape index (κ2) is 4.51. The van der Waals surface area contributed by atoms with Gasteiger partial charge in [0.1, 0.15) is 0 Å². The van der Waals surface area contributed by atoms with Gasteiger partial charge in [-0.25, -0.2) is 4.79 Å². The molecule has 2 saturated carbocycles. The van der Waals surface area contributed by atoms with Crippen molar-refractivity contribution >= 4 is 11.7 Å². The minimum Gasteiger partial charge on any atom is -0.335 e. The van der Waals surface area contributed by atoms with Crippen LogP contribution < -0.4 is 10.6 Å². The van der Waals surface area contributed by atoms with E-state index in [9.17, 15) is 4.79 Å². The molecule has 3 rings (SSSR count). The Bertz CT molecular complexity index is 511. The van der Waals surface area contributed by atoms with Crippen molar-refractivity contribution in [3.8, 4) is 0 Å². The fourth-order valence-corrected chi connectivity index (χ4v) is 4.27. The summed E-state index contributed by atoms with van der Waals surface area (Å²) in [5, 5.41) is 6.13. The number of carbonyl (C=O) groups is 1. The zero-order chi connectivity index (χ0) is 14.4. The fourth-order valence-electron chi connectivity index (χ4n) is 4.27. The van der Waals surface area contributed by atoms with Crippen molar-refractivity contribution in [2.75, 3.05) is 5.32 Å². The summed E-state index contributed by atoms with van der Waals surface area (Å²) in [4.78, 5) is 12.2. The number of urea groups is 1. The summed E-state index contributed by atoms with van der Waals surface area (Å²) in [6.45, 7) is 7.07. The van der Waals surface area contributed by atoms with E-state index in [1.807, 2.05) is 30.3 Å². The van der Waals surface area contributed by atoms with Gasteiger partial charge < -0.3 is 10.6 Å². The zero-order valence-corrected chi connectivity index (χ0v) is 12.6. The van der Waals surface area contributed by atoms with Crippen LogP contribution in [-0.2, 0) is 0 Å². The molecule has 0 radical (unpaired) electrons. The minimum absolute atomic E-state index is 0.0780. The number of hydrogen-bond acceptors (Lipinski definition) is 1. The number of rotatable bonds is 2. The predicted octanol–water partition coefficient (Wildman–Crippen LogP) is 4.02. The van der Waals surface area contributed by atoms with Gasteiger partial charge >= 0.3 is 6.03 Å². The summed E-state index contributed by atoms with van der Waals surface area (Å²) >= 11 is 0. The standard InChI is InChI=1S/C17H24N2O/c1-16(2)12-9-10-17(16,3)14(11-12)19-15(20)18-13-7-5-4-6-8-13/h4-8,12,14H,9-11H2,1-3H3,(H2,18,19,20). The molecular weight excluding hydrogens is 248 g/mol. The van der Waals surface area contributed by atoms with Crippen LogP contribution in [-0.4, -0.2) is 12.1 Å². The monoisotopic (exact) mass is 272 g/mol. The quantitative estimate of drug-likeness (QED) is 0.838. The molecule has 3 unspecified atom stereocenters. The van der Waals surface area contributed by atoms with Crippen LogP contribution >= 0.6 is 0 Å². The van der Waals surface area contributed by atoms with Crippen LogP contribution in [0.2, 0.25) is 0 Å². The van der Waals surface area contributed by atoms with Crippen molar-refractivity contribution in [1.29, 1.82) is 0 Å². The molecule has 0 saturated heterocycles. The molecule has 2 aliphatic rings. The molecule has 2 amide bonds. The summed E-state index contributed by atoms with van der Waals surface area (Å²) in [6.07, 6.45) is 3.65. The average Bonchev–Trinajstić information content (AvgIpc) is 2.73. The van der Waals surface area contributed by atoms with E-state index in [2.05, 4.69) is 31.4 Å². The molecular formula is C17H24N2O. The SMILES string of the molecule is CC1(C)C2CCC1(C)C(NC(=O)Nc1ccccc1)C2. The number of amides is 2. The van der Waals surface area contributed by atoms with E-state index in [1.54, 1.807) is 0 Å². The molecule has 3 atom stereocenters. The van der Waals surface area contributed by atoms with E-state index in [1.165, 1.54) is 12.8 Å². The number of benzene rings is 1. The summed E-state index contributed by atoms with van der Waals surface area (Å²) < 4.78 is 0. The fraction of sp³-hybridized carbons (Fsp3) is 0.588. The Kier molecular flexibility index (Phi) is 3.03. The minimum atomic E-state index is -0.0780. The Labute approximate surface area is 121 Å². The molecule has 3 heteroatoms. The van der Waals surface area contributed by atoms with E-state index < -0.39 is 0 Å². The van der Waals surface area contributed by atoms with Crippen molar-refractivity contribution < 1.29 is 4.79 Å². The van der Waals surface area contributed by atoms with Crippen molar-refractivity contribution in [1.82, 2.24) is 5.32 Å². The Morgan fingerprint density at radius 1 is 1.20 bits per heavy atom. The largest absolute Gasteiger partial charge is 0.335 e. The number of fused-ring (bicyclic) bond motifs is 2. The molecule has 2 fully saturated rings. The van der Waals surface area contributed by atoms with E-state index in [4.69, 9.17) is 0 Å². The third kappa shape index (κ3) is 1.91. The van der Waals surface area contributed by atoms with Gasteiger partial charge in [0.2, 0.25) is 0 Å². The maximum atomic E-state index is 12.2. The first-order valence-electron chi connectivity index (χ1n) is 7.56. The van der Waals surface area contributed by atoms with Crippen molar-refractivity contribution in [2.45, 2.75) is 46.1 Å². The van der Waals surface area contributed by atoms with Gasteiger partial charge in [-0.05, 0) is 48.1 Å². The molecule has 20 heavy (non-hydrogen) atoms. The van der Waals surface area contributed by atoms with Gasteiger partial charge in [-0.15, -0.1) is 0 Å². The molecule has 2 N–H and O–H groups in total. The topological polar surface area (TPSA) is 41.1 Å². The van der Waals surface area contributed by atoms with Crippen molar-refractivity contribution in [3.05, 3.63) is 30.3 Å². The van der Waals surface area contributed by atoms with Crippen molar-refractivity contribution in [3.63, 3.8) is 0 Å². The van der Waals surface area contributed by atoms with Gasteiger partial charge in [0.05, 0.1) is 0 Å². The van der Waals surface area contributed by atoms with E-state index in [0.717, 1.165) is 18.0 Å². The van der Waals surface area contributed by atoms with E-state index in [0.29, 0.717) is 11.5 Å². The number of anilines is 1. The molecule has 1 aromatic rings. The first-order chi connectivity index (χ1) is 9.43. The number of para-hydroxylation sites is 1. The van der Waals surface area contributed by atoms with E-state index >= 15 is 0 Å². The Balaban J connectivity index is 1.66. The first kappa shape index (κ1) is 13.5. The highest BCUT2D eigenvalue weighted by molar-refractivity contribution is 5.89. The van der Waals surface area contributed by atoms with E-state index in [-0.39, 0.29) is 11.4 Å². The maximum absolute atomic E-state index is 12.2. The Morgan fingerprint density at radius 2 is 1.90 bits per heavy atom. The van der Waals surface area contributed by atoms with Gasteiger partial charge in [-0.3, -0.25) is 0 Å². The smallest absolute Gasteiger partial charge is 0.319 e. The summed E-state index contributed by atoms with van der Waals surface area (Å²) in [5.74, 6) is 0.745. The molecule has 1 aromatic carbocycles. The normalized spacial score (nSPS) is 34.0. The Morgan fingerprint density at radius 3 is 2.45 bits per heavy atom. The molecule has 2 bridgehead atoms. The van der Waals surface area contributed by atoms with Crippen LogP contribution in [0.25, 0.3) is 0 Å². The number of nitrogens with one attached hydrogen (secondary N) is 2. The van der Waals surface area contributed by atoms with Crippen LogP contribution in [0.3, 0.4) is 0 Å². The summed E-state index contributed by atoms with van der Waals surface area (Å²) in [6, 6.07) is 9.83. The summed E-state index contributed by atoms with van der Waals surface area (Å²) in [5.41, 5.74) is 1.40. The third-order valence-electron chi connectivity index (χ3n) is 6.13. The molecule has 2 aliphatic carbocycles. The number of hydrogen-bond donors (Lipinski definition) is 2. The van der Waals surface area contributed by atoms with Gasteiger partial charge in [-0.1, -0.05) is 39.0 Å². The average molecular weight is 272 g/mol. The molecule has 0 heterocycles. The second-order valence-corrected chi connectivity index (χ2v) is 7.13. The van der Waals surface area contributed by atoms with Gasteiger partial charge in [0.25, 0.3) is 0 Å². The lowest BCUT2D eigenvalue weighted by Crippen LogP contribution is -2.48. The van der Waals surface area contributed by atoms with Crippen LogP contribution in [0, 0.1) is 16.7 Å². The highest BCUT2D eigenvalue weighted by atomic mass is 16.2. The second-order valence-electron chi connectivity index (χ2n) is 7.13.